The number of nitrogens with two attached hydrogens (primary N) is 1. The summed E-state index contributed by atoms with van der Waals surface area (Å²) < 4.78 is 12.2. The van der Waals surface area contributed by atoms with Crippen molar-refractivity contribution >= 4 is 0 Å². The van der Waals surface area contributed by atoms with Crippen molar-refractivity contribution in [3.05, 3.63) is 24.0 Å². The Morgan fingerprint density at radius 2 is 2.06 bits per heavy atom. The molecule has 0 amide bonds. The van der Waals surface area contributed by atoms with E-state index in [0.717, 1.165) is 17.1 Å². The Bertz CT molecular complexity index is 551. The number of benzene rings is 1. The second-order valence-corrected chi connectivity index (χ2v) is 3.75. The number of ether oxygens (including phenoxy) is 2. The molecule has 1 heterocycles. The van der Waals surface area contributed by atoms with Gasteiger partial charge in [-0.25, -0.2) is 4.98 Å². The van der Waals surface area contributed by atoms with Crippen LogP contribution in [0.3, 0.4) is 0 Å². The van der Waals surface area contributed by atoms with E-state index in [1.54, 1.807) is 18.9 Å². The Kier molecular flexibility index (Phi) is 3.47. The zero-order chi connectivity index (χ0) is 13.1. The van der Waals surface area contributed by atoms with Crippen LogP contribution in [0.1, 0.15) is 5.82 Å². The van der Waals surface area contributed by atoms with E-state index in [-0.39, 0.29) is 0 Å². The summed E-state index contributed by atoms with van der Waals surface area (Å²) >= 11 is 0. The molecule has 6 nitrogen and oxygen atoms in total. The minimum atomic E-state index is 0.343. The van der Waals surface area contributed by atoms with Gasteiger partial charge < -0.3 is 15.2 Å². The average Bonchev–Trinajstić information content (AvgIpc) is 2.79. The smallest absolute Gasteiger partial charge is 0.185 e. The van der Waals surface area contributed by atoms with E-state index in [4.69, 9.17) is 15.2 Å². The van der Waals surface area contributed by atoms with Gasteiger partial charge >= 0.3 is 0 Å². The zero-order valence-electron chi connectivity index (χ0n) is 10.7. The average molecular weight is 248 g/mol. The third-order valence-electron chi connectivity index (χ3n) is 2.68. The molecular weight excluding hydrogens is 232 g/mol. The Morgan fingerprint density at radius 3 is 2.61 bits per heavy atom. The molecule has 0 saturated carbocycles. The molecule has 6 heteroatoms. The van der Waals surface area contributed by atoms with Crippen molar-refractivity contribution in [2.75, 3.05) is 14.2 Å². The van der Waals surface area contributed by atoms with Gasteiger partial charge in [0.15, 0.2) is 5.82 Å². The van der Waals surface area contributed by atoms with Crippen molar-refractivity contribution in [2.45, 2.75) is 6.54 Å². The minimum absolute atomic E-state index is 0.343. The second-order valence-electron chi connectivity index (χ2n) is 3.75. The summed E-state index contributed by atoms with van der Waals surface area (Å²) in [6.07, 6.45) is 0. The lowest BCUT2D eigenvalue weighted by molar-refractivity contribution is 0.404. The Balaban J connectivity index is 2.53. The maximum absolute atomic E-state index is 5.59. The summed E-state index contributed by atoms with van der Waals surface area (Å²) in [5.41, 5.74) is 6.37. The van der Waals surface area contributed by atoms with Crippen molar-refractivity contribution in [3.63, 3.8) is 0 Å². The molecular formula is C12H16N4O2. The van der Waals surface area contributed by atoms with Crippen LogP contribution < -0.4 is 15.2 Å². The molecule has 1 aromatic heterocycles. The minimum Gasteiger partial charge on any atom is -0.497 e. The van der Waals surface area contributed by atoms with Crippen LogP contribution in [0, 0.1) is 0 Å². The molecule has 2 N–H and O–H groups in total. The SMILES string of the molecule is COc1ccc(OC)c(-c2nc(CN)n(C)n2)c1. The molecule has 0 radical (unpaired) electrons. The molecule has 0 fully saturated rings. The van der Waals surface area contributed by atoms with Crippen molar-refractivity contribution in [3.8, 4) is 22.9 Å². The second kappa shape index (κ2) is 5.05. The van der Waals surface area contributed by atoms with Gasteiger partial charge in [0.2, 0.25) is 0 Å². The largest absolute Gasteiger partial charge is 0.497 e. The summed E-state index contributed by atoms with van der Waals surface area (Å²) in [6, 6.07) is 5.50. The van der Waals surface area contributed by atoms with Crippen LogP contribution in [0.5, 0.6) is 11.5 Å². The van der Waals surface area contributed by atoms with Crippen LogP contribution in [-0.4, -0.2) is 29.0 Å². The normalized spacial score (nSPS) is 10.4. The van der Waals surface area contributed by atoms with Crippen molar-refractivity contribution < 1.29 is 9.47 Å². The fourth-order valence-electron chi connectivity index (χ4n) is 1.70. The van der Waals surface area contributed by atoms with E-state index < -0.39 is 0 Å². The maximum atomic E-state index is 5.59. The number of methoxy groups -OCH3 is 2. The van der Waals surface area contributed by atoms with Crippen molar-refractivity contribution in [1.29, 1.82) is 0 Å². The zero-order valence-corrected chi connectivity index (χ0v) is 10.7. The van der Waals surface area contributed by atoms with Crippen LogP contribution in [0.15, 0.2) is 18.2 Å². The van der Waals surface area contributed by atoms with Crippen molar-refractivity contribution in [2.24, 2.45) is 12.8 Å². The highest BCUT2D eigenvalue weighted by Crippen LogP contribution is 2.31. The number of aromatic nitrogens is 3. The third kappa shape index (κ3) is 2.14. The third-order valence-corrected chi connectivity index (χ3v) is 2.68. The molecule has 0 aliphatic heterocycles. The van der Waals surface area contributed by atoms with E-state index in [0.29, 0.717) is 18.1 Å². The van der Waals surface area contributed by atoms with Crippen LogP contribution in [0.4, 0.5) is 0 Å². The first-order valence-corrected chi connectivity index (χ1v) is 5.52. The molecule has 0 spiro atoms. The van der Waals surface area contributed by atoms with Gasteiger partial charge in [-0.1, -0.05) is 0 Å². The molecule has 2 aromatic rings. The quantitative estimate of drug-likeness (QED) is 0.872. The molecule has 18 heavy (non-hydrogen) atoms. The Hall–Kier alpha value is -2.08. The maximum Gasteiger partial charge on any atom is 0.185 e. The van der Waals surface area contributed by atoms with E-state index in [2.05, 4.69) is 10.1 Å². The van der Waals surface area contributed by atoms with Gasteiger partial charge in [-0.2, -0.15) is 5.10 Å². The Labute approximate surface area is 105 Å². The summed E-state index contributed by atoms with van der Waals surface area (Å²) in [5, 5.41) is 4.33. The van der Waals surface area contributed by atoms with E-state index in [1.165, 1.54) is 0 Å². The predicted molar refractivity (Wildman–Crippen MR) is 67.4 cm³/mol. The van der Waals surface area contributed by atoms with E-state index in [9.17, 15) is 0 Å². The lowest BCUT2D eigenvalue weighted by Crippen LogP contribution is -2.05. The molecule has 0 aliphatic carbocycles. The van der Waals surface area contributed by atoms with E-state index >= 15 is 0 Å². The first kappa shape index (κ1) is 12.4. The molecule has 0 unspecified atom stereocenters. The van der Waals surface area contributed by atoms with Gasteiger partial charge in [-0.15, -0.1) is 0 Å². The van der Waals surface area contributed by atoms with Crippen LogP contribution in [0.2, 0.25) is 0 Å². The van der Waals surface area contributed by atoms with Crippen LogP contribution in [-0.2, 0) is 13.6 Å². The highest BCUT2D eigenvalue weighted by molar-refractivity contribution is 5.66. The predicted octanol–water partition coefficient (Wildman–Crippen LogP) is 0.958. The first-order chi connectivity index (χ1) is 8.69. The molecule has 0 aliphatic rings. The summed E-state index contributed by atoms with van der Waals surface area (Å²) in [7, 11) is 5.03. The number of rotatable bonds is 4. The molecule has 96 valence electrons. The van der Waals surface area contributed by atoms with Gasteiger partial charge in [0.1, 0.15) is 17.3 Å². The monoisotopic (exact) mass is 248 g/mol. The lowest BCUT2D eigenvalue weighted by atomic mass is 10.2. The first-order valence-electron chi connectivity index (χ1n) is 5.52. The highest BCUT2D eigenvalue weighted by atomic mass is 16.5. The molecule has 0 atom stereocenters. The van der Waals surface area contributed by atoms with E-state index in [1.807, 2.05) is 25.2 Å². The fraction of sp³-hybridized carbons (Fsp3) is 0.333. The van der Waals surface area contributed by atoms with Gasteiger partial charge in [0, 0.05) is 7.05 Å². The Morgan fingerprint density at radius 1 is 1.28 bits per heavy atom. The molecule has 1 aromatic carbocycles. The summed E-state index contributed by atoms with van der Waals surface area (Å²) in [4.78, 5) is 4.37. The lowest BCUT2D eigenvalue weighted by Gasteiger charge is -2.07. The number of aryl methyl sites for hydroxylation is 1. The van der Waals surface area contributed by atoms with Crippen LogP contribution in [0.25, 0.3) is 11.4 Å². The van der Waals surface area contributed by atoms with Gasteiger partial charge in [0.05, 0.1) is 26.3 Å². The molecule has 2 rings (SSSR count). The number of hydrogen-bond donors (Lipinski definition) is 1. The number of hydrogen-bond acceptors (Lipinski definition) is 5. The standard InChI is InChI=1S/C12H16N4O2/c1-16-11(7-13)14-12(15-16)9-6-8(17-2)4-5-10(9)18-3/h4-6H,7,13H2,1-3H3. The van der Waals surface area contributed by atoms with Crippen LogP contribution >= 0.6 is 0 Å². The molecule has 0 saturated heterocycles. The van der Waals surface area contributed by atoms with Gasteiger partial charge in [-0.05, 0) is 18.2 Å². The fourth-order valence-corrected chi connectivity index (χ4v) is 1.70. The summed E-state index contributed by atoms with van der Waals surface area (Å²) in [5.74, 6) is 2.72. The molecule has 0 bridgehead atoms. The van der Waals surface area contributed by atoms with Crippen molar-refractivity contribution in [1.82, 2.24) is 14.8 Å². The van der Waals surface area contributed by atoms with Gasteiger partial charge in [-0.3, -0.25) is 4.68 Å². The topological polar surface area (TPSA) is 75.2 Å². The summed E-state index contributed by atoms with van der Waals surface area (Å²) in [6.45, 7) is 0.343. The van der Waals surface area contributed by atoms with Gasteiger partial charge in [0.25, 0.3) is 0 Å². The highest BCUT2D eigenvalue weighted by Gasteiger charge is 2.14. The number of nitrogens with zero attached hydrogens (tertiary/aromatic N) is 3.